The van der Waals surface area contributed by atoms with Gasteiger partial charge in [0.05, 0.1) is 11.8 Å². The fourth-order valence-electron chi connectivity index (χ4n) is 4.11. The number of hydrogen-bond acceptors (Lipinski definition) is 8. The zero-order valence-corrected chi connectivity index (χ0v) is 18.4. The van der Waals surface area contributed by atoms with Crippen molar-refractivity contribution in [3.63, 3.8) is 0 Å². The van der Waals surface area contributed by atoms with E-state index in [-0.39, 0.29) is 6.03 Å². The summed E-state index contributed by atoms with van der Waals surface area (Å²) in [5.41, 5.74) is 8.62. The predicted octanol–water partition coefficient (Wildman–Crippen LogP) is 2.38. The number of nitrogen functional groups attached to an aromatic ring is 1. The molecule has 2 aliphatic heterocycles. The topological polar surface area (TPSA) is 112 Å². The molecule has 0 unspecified atom stereocenters. The van der Waals surface area contributed by atoms with E-state index in [1.807, 2.05) is 17.0 Å². The van der Waals surface area contributed by atoms with Crippen LogP contribution in [0.25, 0.3) is 0 Å². The van der Waals surface area contributed by atoms with E-state index in [0.29, 0.717) is 43.4 Å². The van der Waals surface area contributed by atoms with E-state index in [1.165, 1.54) is 44.6 Å². The number of piperazine rings is 1. The summed E-state index contributed by atoms with van der Waals surface area (Å²) in [6.45, 7) is 4.61. The van der Waals surface area contributed by atoms with Crippen LogP contribution < -0.4 is 20.9 Å². The highest BCUT2D eigenvalue weighted by Crippen LogP contribution is 2.23. The summed E-state index contributed by atoms with van der Waals surface area (Å²) >= 11 is 0. The van der Waals surface area contributed by atoms with Crippen LogP contribution in [0.5, 0.6) is 0 Å². The van der Waals surface area contributed by atoms with Crippen molar-refractivity contribution < 1.29 is 9.63 Å². The Kier molecular flexibility index (Phi) is 6.88. The molecule has 2 saturated heterocycles. The Balaban J connectivity index is 1.33. The Bertz CT molecular complexity index is 935. The molecule has 3 N–H and O–H groups in total. The van der Waals surface area contributed by atoms with Gasteiger partial charge >= 0.3 is 6.03 Å². The number of urea groups is 1. The highest BCUT2D eigenvalue weighted by atomic mass is 16.6. The van der Waals surface area contributed by atoms with Crippen molar-refractivity contribution in [2.45, 2.75) is 19.3 Å². The molecule has 1 aromatic heterocycles. The molecule has 170 valence electrons. The van der Waals surface area contributed by atoms with E-state index in [4.69, 9.17) is 10.6 Å². The minimum atomic E-state index is -0.0984. The predicted molar refractivity (Wildman–Crippen MR) is 126 cm³/mol. The Labute approximate surface area is 188 Å². The minimum absolute atomic E-state index is 0.0984. The Morgan fingerprint density at radius 1 is 1.03 bits per heavy atom. The molecule has 10 nitrogen and oxygen atoms in total. The first-order valence-corrected chi connectivity index (χ1v) is 11.0. The van der Waals surface area contributed by atoms with Crippen LogP contribution in [0.2, 0.25) is 0 Å². The number of amides is 2. The normalized spacial score (nSPS) is 17.0. The molecule has 10 heteroatoms. The fourth-order valence-corrected chi connectivity index (χ4v) is 4.11. The van der Waals surface area contributed by atoms with Crippen molar-refractivity contribution in [1.82, 2.24) is 14.9 Å². The van der Waals surface area contributed by atoms with Crippen molar-refractivity contribution in [2.24, 2.45) is 5.16 Å². The summed E-state index contributed by atoms with van der Waals surface area (Å²) in [5.74, 6) is 1.02. The van der Waals surface area contributed by atoms with Crippen molar-refractivity contribution in [3.05, 3.63) is 36.2 Å². The van der Waals surface area contributed by atoms with Gasteiger partial charge in [0.25, 0.3) is 0 Å². The first-order chi connectivity index (χ1) is 15.7. The van der Waals surface area contributed by atoms with Gasteiger partial charge < -0.3 is 30.6 Å². The first-order valence-electron chi connectivity index (χ1n) is 11.0. The average Bonchev–Trinajstić information content (AvgIpc) is 2.84. The number of carbonyl (C=O) groups is 1. The number of oxime groups is 1. The molecule has 0 spiro atoms. The van der Waals surface area contributed by atoms with Crippen molar-refractivity contribution in [2.75, 3.05) is 67.2 Å². The summed E-state index contributed by atoms with van der Waals surface area (Å²) in [6, 6.07) is 8.02. The molecule has 2 aromatic rings. The molecule has 2 fully saturated rings. The molecular formula is C22H30N8O2. The van der Waals surface area contributed by atoms with Crippen LogP contribution in [-0.2, 0) is 4.84 Å². The molecule has 3 heterocycles. The molecule has 0 atom stereocenters. The van der Waals surface area contributed by atoms with E-state index in [1.54, 1.807) is 0 Å². The number of nitrogens with two attached hydrogens (primary N) is 1. The van der Waals surface area contributed by atoms with Gasteiger partial charge in [-0.1, -0.05) is 5.16 Å². The molecular weight excluding hydrogens is 408 g/mol. The highest BCUT2D eigenvalue weighted by Gasteiger charge is 2.24. The SMILES string of the molecule is CO/N=C/c1c(N)ncnc1N1CCN(C(=O)Nc2ccc(N3CCCCC3)cc2)CC1. The standard InChI is InChI=1S/C22H30N8O2/c1-32-26-15-19-20(23)24-16-25-21(19)29-11-13-30(14-12-29)22(31)27-17-5-7-18(8-6-17)28-9-3-2-4-10-28/h5-8,15-16H,2-4,9-14H2,1H3,(H,27,31)(H2,23,24,25)/b26-15+. The second kappa shape index (κ2) is 10.2. The molecule has 2 amide bonds. The van der Waals surface area contributed by atoms with Gasteiger partial charge in [-0.2, -0.15) is 0 Å². The molecule has 2 aliphatic rings. The van der Waals surface area contributed by atoms with Crippen molar-refractivity contribution in [1.29, 1.82) is 0 Å². The maximum atomic E-state index is 12.8. The van der Waals surface area contributed by atoms with Crippen LogP contribution in [0, 0.1) is 0 Å². The lowest BCUT2D eigenvalue weighted by Gasteiger charge is -2.36. The number of benzene rings is 1. The van der Waals surface area contributed by atoms with Crippen molar-refractivity contribution >= 4 is 35.3 Å². The van der Waals surface area contributed by atoms with E-state index in [0.717, 1.165) is 18.8 Å². The molecule has 1 aromatic carbocycles. The second-order valence-corrected chi connectivity index (χ2v) is 7.91. The van der Waals surface area contributed by atoms with Gasteiger partial charge in [0.15, 0.2) is 0 Å². The first kappa shape index (κ1) is 21.7. The maximum Gasteiger partial charge on any atom is 0.321 e. The smallest absolute Gasteiger partial charge is 0.321 e. The van der Waals surface area contributed by atoms with Crippen LogP contribution in [0.4, 0.5) is 27.8 Å². The summed E-state index contributed by atoms with van der Waals surface area (Å²) in [7, 11) is 1.47. The Hall–Kier alpha value is -3.56. The number of aromatic nitrogens is 2. The number of nitrogens with zero attached hydrogens (tertiary/aromatic N) is 6. The second-order valence-electron chi connectivity index (χ2n) is 7.91. The van der Waals surface area contributed by atoms with Crippen LogP contribution in [0.1, 0.15) is 24.8 Å². The van der Waals surface area contributed by atoms with Gasteiger partial charge in [0, 0.05) is 50.6 Å². The zero-order chi connectivity index (χ0) is 22.3. The van der Waals surface area contributed by atoms with Gasteiger partial charge in [-0.15, -0.1) is 0 Å². The average molecular weight is 439 g/mol. The number of anilines is 4. The monoisotopic (exact) mass is 438 g/mol. The molecule has 4 rings (SSSR count). The van der Waals surface area contributed by atoms with E-state index >= 15 is 0 Å². The summed E-state index contributed by atoms with van der Waals surface area (Å²) in [6.07, 6.45) is 6.74. The zero-order valence-electron chi connectivity index (χ0n) is 18.4. The van der Waals surface area contributed by atoms with Gasteiger partial charge in [0.2, 0.25) is 0 Å². The number of hydrogen-bond donors (Lipinski definition) is 2. The lowest BCUT2D eigenvalue weighted by Crippen LogP contribution is -2.50. The van der Waals surface area contributed by atoms with Gasteiger partial charge in [-0.3, -0.25) is 0 Å². The minimum Gasteiger partial charge on any atom is -0.399 e. The molecule has 0 radical (unpaired) electrons. The maximum absolute atomic E-state index is 12.8. The molecule has 0 bridgehead atoms. The van der Waals surface area contributed by atoms with Crippen LogP contribution >= 0.6 is 0 Å². The highest BCUT2D eigenvalue weighted by molar-refractivity contribution is 5.92. The van der Waals surface area contributed by atoms with E-state index in [9.17, 15) is 4.79 Å². The Morgan fingerprint density at radius 2 is 1.75 bits per heavy atom. The third kappa shape index (κ3) is 5.01. The summed E-state index contributed by atoms with van der Waals surface area (Å²) in [4.78, 5) is 32.2. The molecule has 32 heavy (non-hydrogen) atoms. The number of nitrogens with one attached hydrogen (secondary N) is 1. The van der Waals surface area contributed by atoms with Gasteiger partial charge in [0.1, 0.15) is 25.1 Å². The summed E-state index contributed by atoms with van der Waals surface area (Å²) < 4.78 is 0. The van der Waals surface area contributed by atoms with Gasteiger partial charge in [-0.05, 0) is 43.5 Å². The van der Waals surface area contributed by atoms with Crippen molar-refractivity contribution in [3.8, 4) is 0 Å². The molecule has 0 saturated carbocycles. The van der Waals surface area contributed by atoms with E-state index in [2.05, 4.69) is 42.4 Å². The van der Waals surface area contributed by atoms with E-state index < -0.39 is 0 Å². The molecule has 0 aliphatic carbocycles. The van der Waals surface area contributed by atoms with Crippen LogP contribution in [0.15, 0.2) is 35.7 Å². The lowest BCUT2D eigenvalue weighted by atomic mass is 10.1. The third-order valence-corrected chi connectivity index (χ3v) is 5.89. The number of piperidine rings is 1. The lowest BCUT2D eigenvalue weighted by molar-refractivity contribution is 0.208. The number of carbonyl (C=O) groups excluding carboxylic acids is 1. The largest absolute Gasteiger partial charge is 0.399 e. The fraction of sp³-hybridized carbons (Fsp3) is 0.455. The quantitative estimate of drug-likeness (QED) is 0.544. The van der Waals surface area contributed by atoms with Gasteiger partial charge in [-0.25, -0.2) is 14.8 Å². The van der Waals surface area contributed by atoms with Crippen LogP contribution in [0.3, 0.4) is 0 Å². The van der Waals surface area contributed by atoms with Crippen LogP contribution in [-0.4, -0.2) is 73.5 Å². The Morgan fingerprint density at radius 3 is 2.44 bits per heavy atom. The third-order valence-electron chi connectivity index (χ3n) is 5.89. The number of rotatable bonds is 5. The summed E-state index contributed by atoms with van der Waals surface area (Å²) in [5, 5.41) is 6.81.